The van der Waals surface area contributed by atoms with Crippen molar-refractivity contribution in [3.8, 4) is 11.5 Å². The van der Waals surface area contributed by atoms with Gasteiger partial charge in [-0.15, -0.1) is 0 Å². The van der Waals surface area contributed by atoms with E-state index in [-0.39, 0.29) is 18.6 Å². The summed E-state index contributed by atoms with van der Waals surface area (Å²) >= 11 is 0. The third kappa shape index (κ3) is 6.39. The number of rotatable bonds is 13. The van der Waals surface area contributed by atoms with E-state index in [0.717, 1.165) is 38.6 Å². The predicted molar refractivity (Wildman–Crippen MR) is 152 cm³/mol. The minimum Gasteiger partial charge on any atom is -0.493 e. The molecule has 41 heavy (non-hydrogen) atoms. The summed E-state index contributed by atoms with van der Waals surface area (Å²) in [6, 6.07) is 11.3. The largest absolute Gasteiger partial charge is 0.493 e. The van der Waals surface area contributed by atoms with Gasteiger partial charge in [0, 0.05) is 28.8 Å². The Morgan fingerprint density at radius 3 is 2.76 bits per heavy atom. The highest BCUT2D eigenvalue weighted by atomic mass is 19.1. The number of aliphatic hydroxyl groups excluding tert-OH is 1. The van der Waals surface area contributed by atoms with Crippen molar-refractivity contribution >= 4 is 34.1 Å². The highest BCUT2D eigenvalue weighted by molar-refractivity contribution is 5.96. The molecule has 0 atom stereocenters. The lowest BCUT2D eigenvalue weighted by Crippen LogP contribution is -2.46. The van der Waals surface area contributed by atoms with E-state index in [1.54, 1.807) is 42.3 Å². The Morgan fingerprint density at radius 2 is 2.02 bits per heavy atom. The van der Waals surface area contributed by atoms with E-state index in [4.69, 9.17) is 15.2 Å². The zero-order valence-corrected chi connectivity index (χ0v) is 22.9. The first-order valence-corrected chi connectivity index (χ1v) is 13.6. The number of halogens is 1. The smallest absolute Gasteiger partial charge is 0.223 e. The van der Waals surface area contributed by atoms with E-state index in [1.807, 2.05) is 0 Å². The number of amides is 1. The number of fused-ring (bicyclic) bond motifs is 1. The molecule has 2 aromatic heterocycles. The summed E-state index contributed by atoms with van der Waals surface area (Å²) in [5.74, 6) is 0.894. The van der Waals surface area contributed by atoms with Crippen LogP contribution >= 0.6 is 0 Å². The average Bonchev–Trinajstić information content (AvgIpc) is 3.63. The Balaban J connectivity index is 1.42. The quantitative estimate of drug-likeness (QED) is 0.179. The predicted octanol–water partition coefficient (Wildman–Crippen LogP) is 3.66. The fraction of sp³-hybridized carbons (Fsp3) is 0.379. The molecule has 2 aromatic carbocycles. The fourth-order valence-electron chi connectivity index (χ4n) is 5.27. The number of benzene rings is 2. The van der Waals surface area contributed by atoms with Crippen molar-refractivity contribution in [3.63, 3.8) is 0 Å². The minimum atomic E-state index is -0.510. The van der Waals surface area contributed by atoms with Crippen LogP contribution in [0.2, 0.25) is 0 Å². The first-order chi connectivity index (χ1) is 19.9. The van der Waals surface area contributed by atoms with Crippen molar-refractivity contribution in [2.24, 2.45) is 5.73 Å². The van der Waals surface area contributed by atoms with Gasteiger partial charge >= 0.3 is 0 Å². The lowest BCUT2D eigenvalue weighted by Gasteiger charge is -2.28. The molecule has 1 aliphatic rings. The number of aliphatic hydroxyl groups is 1. The van der Waals surface area contributed by atoms with Crippen LogP contribution < -0.4 is 25.4 Å². The van der Waals surface area contributed by atoms with Crippen LogP contribution in [-0.2, 0) is 11.2 Å². The van der Waals surface area contributed by atoms with Gasteiger partial charge in [-0.05, 0) is 50.1 Å². The van der Waals surface area contributed by atoms with Crippen LogP contribution in [0, 0.1) is 5.82 Å². The van der Waals surface area contributed by atoms with Crippen LogP contribution in [0.15, 0.2) is 48.8 Å². The summed E-state index contributed by atoms with van der Waals surface area (Å²) in [5, 5.41) is 21.1. The lowest BCUT2D eigenvalue weighted by molar-refractivity contribution is -0.117. The number of ether oxygens (including phenoxy) is 2. The number of carbonyl (C=O) groups excluding carboxylic acids is 1. The molecule has 1 saturated carbocycles. The number of nitrogens with zero attached hydrogens (tertiary/aromatic N) is 4. The molecule has 5 N–H and O–H groups in total. The summed E-state index contributed by atoms with van der Waals surface area (Å²) in [6.07, 6.45) is 6.38. The summed E-state index contributed by atoms with van der Waals surface area (Å²) in [4.78, 5) is 22.1. The van der Waals surface area contributed by atoms with Gasteiger partial charge < -0.3 is 25.6 Å². The SMILES string of the molecule is COc1cc2c(N(c3cccc(F)c3)c3cc(CC(N)=O)[nH]n3)ncnc2cc1OCCCNC1(CO)CCCC1. The molecule has 1 fully saturated rings. The molecule has 216 valence electrons. The van der Waals surface area contributed by atoms with E-state index in [0.29, 0.717) is 52.0 Å². The van der Waals surface area contributed by atoms with Gasteiger partial charge in [-0.2, -0.15) is 5.10 Å². The number of aromatic amines is 1. The van der Waals surface area contributed by atoms with E-state index in [9.17, 15) is 14.3 Å². The third-order valence-corrected chi connectivity index (χ3v) is 7.33. The van der Waals surface area contributed by atoms with Crippen molar-refractivity contribution in [2.75, 3.05) is 31.8 Å². The van der Waals surface area contributed by atoms with Crippen LogP contribution in [-0.4, -0.2) is 63.6 Å². The van der Waals surface area contributed by atoms with Crippen LogP contribution in [0.1, 0.15) is 37.8 Å². The Bertz CT molecular complexity index is 1510. The molecular formula is C29H34FN7O4. The van der Waals surface area contributed by atoms with Crippen molar-refractivity contribution in [3.05, 3.63) is 60.3 Å². The van der Waals surface area contributed by atoms with Crippen molar-refractivity contribution in [1.82, 2.24) is 25.5 Å². The molecule has 12 heteroatoms. The van der Waals surface area contributed by atoms with Crippen molar-refractivity contribution in [2.45, 2.75) is 44.1 Å². The Labute approximate surface area is 236 Å². The second-order valence-electron chi connectivity index (χ2n) is 10.2. The van der Waals surface area contributed by atoms with Gasteiger partial charge in [0.05, 0.1) is 37.9 Å². The normalized spacial score (nSPS) is 14.3. The number of nitrogens with one attached hydrogen (secondary N) is 2. The monoisotopic (exact) mass is 563 g/mol. The molecule has 1 aliphatic carbocycles. The molecule has 0 saturated heterocycles. The average molecular weight is 564 g/mol. The maximum absolute atomic E-state index is 14.3. The first kappa shape index (κ1) is 28.2. The van der Waals surface area contributed by atoms with Crippen molar-refractivity contribution < 1.29 is 23.8 Å². The molecule has 11 nitrogen and oxygen atoms in total. The van der Waals surface area contributed by atoms with Crippen LogP contribution in [0.5, 0.6) is 11.5 Å². The molecule has 4 aromatic rings. The van der Waals surface area contributed by atoms with E-state index in [1.165, 1.54) is 18.5 Å². The summed E-state index contributed by atoms with van der Waals surface area (Å²) in [5.41, 5.74) is 6.75. The number of carbonyl (C=O) groups is 1. The number of methoxy groups -OCH3 is 1. The summed E-state index contributed by atoms with van der Waals surface area (Å²) < 4.78 is 26.1. The third-order valence-electron chi connectivity index (χ3n) is 7.33. The maximum Gasteiger partial charge on any atom is 0.223 e. The Hall–Kier alpha value is -4.29. The zero-order valence-electron chi connectivity index (χ0n) is 22.9. The number of hydrogen-bond donors (Lipinski definition) is 4. The van der Waals surface area contributed by atoms with Gasteiger partial charge in [0.2, 0.25) is 5.91 Å². The highest BCUT2D eigenvalue weighted by Gasteiger charge is 2.32. The number of hydrogen-bond acceptors (Lipinski definition) is 9. The van der Waals surface area contributed by atoms with E-state index < -0.39 is 11.7 Å². The first-order valence-electron chi connectivity index (χ1n) is 13.6. The van der Waals surface area contributed by atoms with Gasteiger partial charge in [-0.3, -0.25) is 14.8 Å². The molecule has 2 heterocycles. The van der Waals surface area contributed by atoms with E-state index in [2.05, 4.69) is 25.5 Å². The van der Waals surface area contributed by atoms with E-state index >= 15 is 0 Å². The number of primary amides is 1. The second-order valence-corrected chi connectivity index (χ2v) is 10.2. The zero-order chi connectivity index (χ0) is 28.8. The van der Waals surface area contributed by atoms with Gasteiger partial charge in [-0.1, -0.05) is 18.9 Å². The number of anilines is 3. The van der Waals surface area contributed by atoms with Crippen LogP contribution in [0.4, 0.5) is 21.7 Å². The maximum atomic E-state index is 14.3. The molecule has 0 bridgehead atoms. The molecule has 1 amide bonds. The molecule has 0 spiro atoms. The molecular weight excluding hydrogens is 529 g/mol. The van der Waals surface area contributed by atoms with Gasteiger partial charge in [0.25, 0.3) is 0 Å². The minimum absolute atomic E-state index is 0.0282. The summed E-state index contributed by atoms with van der Waals surface area (Å²) in [6.45, 7) is 1.32. The molecule has 0 aliphatic heterocycles. The highest BCUT2D eigenvalue weighted by Crippen LogP contribution is 2.40. The summed E-state index contributed by atoms with van der Waals surface area (Å²) in [7, 11) is 1.55. The fourth-order valence-corrected chi connectivity index (χ4v) is 5.27. The van der Waals surface area contributed by atoms with Crippen molar-refractivity contribution in [1.29, 1.82) is 0 Å². The standard InChI is InChI=1S/C29H34FN7O4/c1-40-24-15-22-23(16-25(24)41-11-5-10-34-29(17-38)8-2-3-9-29)32-18-33-28(22)37(21-7-4-6-19(30)12-21)27-14-20(35-36-27)13-26(31)39/h4,6-7,12,14-16,18,34,38H,2-3,5,8-11,13,17H2,1H3,(H2,31,39)(H,35,36). The van der Waals surface area contributed by atoms with Gasteiger partial charge in [0.15, 0.2) is 17.3 Å². The lowest BCUT2D eigenvalue weighted by atomic mass is 9.99. The topological polar surface area (TPSA) is 152 Å². The van der Waals surface area contributed by atoms with Gasteiger partial charge in [0.1, 0.15) is 18.0 Å². The second kappa shape index (κ2) is 12.5. The van der Waals surface area contributed by atoms with Crippen LogP contribution in [0.25, 0.3) is 10.9 Å². The van der Waals surface area contributed by atoms with Crippen LogP contribution in [0.3, 0.4) is 0 Å². The molecule has 0 unspecified atom stereocenters. The number of H-pyrrole nitrogens is 1. The Morgan fingerprint density at radius 1 is 1.20 bits per heavy atom. The molecule has 5 rings (SSSR count). The number of aromatic nitrogens is 4. The number of nitrogens with two attached hydrogens (primary N) is 1. The van der Waals surface area contributed by atoms with Gasteiger partial charge in [-0.25, -0.2) is 14.4 Å². The Kier molecular flexibility index (Phi) is 8.60. The molecule has 0 radical (unpaired) electrons.